The fourth-order valence-electron chi connectivity index (χ4n) is 4.24. The van der Waals surface area contributed by atoms with Crippen molar-refractivity contribution in [3.05, 3.63) is 65.0 Å². The van der Waals surface area contributed by atoms with Crippen LogP contribution in [0.5, 0.6) is 0 Å². The Balaban J connectivity index is 2.11. The van der Waals surface area contributed by atoms with Gasteiger partial charge in [-0.25, -0.2) is 0 Å². The molecule has 4 nitrogen and oxygen atoms in total. The summed E-state index contributed by atoms with van der Waals surface area (Å²) in [6, 6.07) is 10.2. The monoisotopic (exact) mass is 378 g/mol. The maximum Gasteiger partial charge on any atom is 0.124 e. The molecule has 2 heterocycles. The van der Waals surface area contributed by atoms with Crippen LogP contribution in [0.2, 0.25) is 0 Å². The van der Waals surface area contributed by atoms with Crippen molar-refractivity contribution >= 4 is 0 Å². The molecule has 1 aliphatic rings. The van der Waals surface area contributed by atoms with Gasteiger partial charge in [0.15, 0.2) is 0 Å². The van der Waals surface area contributed by atoms with E-state index in [4.69, 9.17) is 0 Å². The van der Waals surface area contributed by atoms with Gasteiger partial charge in [0.1, 0.15) is 11.7 Å². The molecule has 148 valence electrons. The Morgan fingerprint density at radius 2 is 1.75 bits per heavy atom. The van der Waals surface area contributed by atoms with Crippen LogP contribution in [0.3, 0.4) is 0 Å². The molecule has 1 fully saturated rings. The normalized spacial score (nSPS) is 19.3. The summed E-state index contributed by atoms with van der Waals surface area (Å²) in [4.78, 5) is 6.54. The molecule has 28 heavy (non-hydrogen) atoms. The molecule has 1 aliphatic heterocycles. The van der Waals surface area contributed by atoms with Crippen LogP contribution in [0.4, 0.5) is 0 Å². The number of aromatic nitrogens is 1. The Hall–Kier alpha value is -2.19. The largest absolute Gasteiger partial charge is 0.381 e. The zero-order valence-electron chi connectivity index (χ0n) is 17.4. The molecule has 0 radical (unpaired) electrons. The van der Waals surface area contributed by atoms with E-state index in [9.17, 15) is 10.2 Å². The summed E-state index contributed by atoms with van der Waals surface area (Å²) < 4.78 is 0. The summed E-state index contributed by atoms with van der Waals surface area (Å²) >= 11 is 0. The van der Waals surface area contributed by atoms with Gasteiger partial charge in [0.2, 0.25) is 0 Å². The Morgan fingerprint density at radius 3 is 2.29 bits per heavy atom. The fraction of sp³-hybridized carbons (Fsp3) is 0.458. The average molecular weight is 379 g/mol. The number of rotatable bonds is 4. The van der Waals surface area contributed by atoms with Crippen molar-refractivity contribution in [2.45, 2.75) is 45.3 Å². The van der Waals surface area contributed by atoms with Crippen LogP contribution in [0.25, 0.3) is 0 Å². The van der Waals surface area contributed by atoms with Crippen LogP contribution in [-0.4, -0.2) is 46.3 Å². The highest BCUT2D eigenvalue weighted by molar-refractivity contribution is 5.44. The Labute approximate surface area is 168 Å². The summed E-state index contributed by atoms with van der Waals surface area (Å²) in [5.41, 5.74) is 2.03. The van der Waals surface area contributed by atoms with E-state index in [2.05, 4.69) is 61.7 Å². The van der Waals surface area contributed by atoms with Crippen molar-refractivity contribution in [1.82, 2.24) is 9.88 Å². The van der Waals surface area contributed by atoms with Gasteiger partial charge in [0.05, 0.1) is 0 Å². The lowest BCUT2D eigenvalue weighted by molar-refractivity contribution is -0.127. The first-order valence-electron chi connectivity index (χ1n) is 9.82. The number of pyridine rings is 1. The fourth-order valence-corrected chi connectivity index (χ4v) is 4.24. The van der Waals surface area contributed by atoms with Gasteiger partial charge in [-0.3, -0.25) is 4.98 Å². The third-order valence-corrected chi connectivity index (χ3v) is 5.69. The number of benzene rings is 1. The van der Waals surface area contributed by atoms with Crippen LogP contribution in [0.1, 0.15) is 55.9 Å². The molecule has 1 aromatic carbocycles. The summed E-state index contributed by atoms with van der Waals surface area (Å²) in [5, 5.41) is 21.6. The highest BCUT2D eigenvalue weighted by Crippen LogP contribution is 2.50. The van der Waals surface area contributed by atoms with E-state index in [0.717, 1.165) is 24.2 Å². The first-order chi connectivity index (χ1) is 13.2. The van der Waals surface area contributed by atoms with Crippen molar-refractivity contribution in [3.63, 3.8) is 0 Å². The van der Waals surface area contributed by atoms with E-state index in [-0.39, 0.29) is 5.41 Å². The van der Waals surface area contributed by atoms with Crippen molar-refractivity contribution in [2.24, 2.45) is 5.41 Å². The second-order valence-corrected chi connectivity index (χ2v) is 8.63. The highest BCUT2D eigenvalue weighted by Gasteiger charge is 2.55. The zero-order valence-corrected chi connectivity index (χ0v) is 17.4. The number of likely N-dealkylation sites (tertiary alicyclic amines) is 1. The maximum atomic E-state index is 12.1. The molecular formula is C24H30N2O2. The average Bonchev–Trinajstić information content (AvgIpc) is 2.64. The van der Waals surface area contributed by atoms with Gasteiger partial charge in [0.25, 0.3) is 0 Å². The van der Waals surface area contributed by atoms with Gasteiger partial charge >= 0.3 is 0 Å². The number of nitrogens with zero attached hydrogens (tertiary/aromatic N) is 2. The van der Waals surface area contributed by atoms with Crippen molar-refractivity contribution in [3.8, 4) is 11.8 Å². The number of aliphatic hydroxyl groups excluding tert-OH is 1. The van der Waals surface area contributed by atoms with Crippen molar-refractivity contribution in [2.75, 3.05) is 20.1 Å². The summed E-state index contributed by atoms with van der Waals surface area (Å²) in [6.45, 7) is 9.66. The quantitative estimate of drug-likeness (QED) is 0.803. The molecule has 2 N–H and O–H groups in total. The third kappa shape index (κ3) is 3.71. The van der Waals surface area contributed by atoms with Gasteiger partial charge < -0.3 is 15.1 Å². The van der Waals surface area contributed by atoms with Crippen LogP contribution in [0, 0.1) is 17.3 Å². The molecule has 2 aromatic rings. The van der Waals surface area contributed by atoms with Gasteiger partial charge in [-0.2, -0.15) is 0 Å². The van der Waals surface area contributed by atoms with Crippen LogP contribution < -0.4 is 0 Å². The van der Waals surface area contributed by atoms with E-state index in [0.29, 0.717) is 11.5 Å². The molecule has 0 unspecified atom stereocenters. The standard InChI is InChI=1S/C24H30N2O2/c1-17(2)20-8-10-21(11-9-20)24(28,23(4)15-26(5)16-23)22-12-19(13-25-14-22)7-6-18(3)27/h8-14,17-18,27-28H,15-16H2,1-5H3/t18-,24-/m0/s1. The molecule has 2 atom stereocenters. The first-order valence-corrected chi connectivity index (χ1v) is 9.82. The number of aliphatic hydroxyl groups is 2. The minimum Gasteiger partial charge on any atom is -0.381 e. The lowest BCUT2D eigenvalue weighted by atomic mass is 9.62. The molecule has 0 spiro atoms. The van der Waals surface area contributed by atoms with Gasteiger partial charge in [0, 0.05) is 42.0 Å². The van der Waals surface area contributed by atoms with Gasteiger partial charge in [-0.05, 0) is 37.1 Å². The molecule has 0 saturated carbocycles. The van der Waals surface area contributed by atoms with Crippen LogP contribution in [0.15, 0.2) is 42.7 Å². The topological polar surface area (TPSA) is 56.6 Å². The second-order valence-electron chi connectivity index (χ2n) is 8.63. The first kappa shape index (κ1) is 20.5. The van der Waals surface area contributed by atoms with Gasteiger partial charge in [-0.1, -0.05) is 56.9 Å². The Morgan fingerprint density at radius 1 is 1.11 bits per heavy atom. The lowest BCUT2D eigenvalue weighted by Crippen LogP contribution is -2.63. The Bertz CT molecular complexity index is 887. The minimum absolute atomic E-state index is 0.334. The third-order valence-electron chi connectivity index (χ3n) is 5.69. The predicted molar refractivity (Wildman–Crippen MR) is 112 cm³/mol. The molecule has 1 saturated heterocycles. The number of hydrogen-bond acceptors (Lipinski definition) is 4. The van der Waals surface area contributed by atoms with E-state index < -0.39 is 11.7 Å². The number of hydrogen-bond donors (Lipinski definition) is 2. The highest BCUT2D eigenvalue weighted by atomic mass is 16.3. The predicted octanol–water partition coefficient (Wildman–Crippen LogP) is 3.12. The maximum absolute atomic E-state index is 12.1. The van der Waals surface area contributed by atoms with E-state index in [1.54, 1.807) is 19.3 Å². The van der Waals surface area contributed by atoms with Crippen LogP contribution >= 0.6 is 0 Å². The zero-order chi connectivity index (χ0) is 20.5. The van der Waals surface area contributed by atoms with E-state index in [1.807, 2.05) is 18.2 Å². The van der Waals surface area contributed by atoms with Crippen molar-refractivity contribution < 1.29 is 10.2 Å². The molecule has 0 aliphatic carbocycles. The second kappa shape index (κ2) is 7.67. The minimum atomic E-state index is -1.18. The van der Waals surface area contributed by atoms with Crippen LogP contribution in [-0.2, 0) is 5.60 Å². The molecular weight excluding hydrogens is 348 g/mol. The smallest absolute Gasteiger partial charge is 0.124 e. The molecule has 0 bridgehead atoms. The molecule has 3 rings (SSSR count). The molecule has 1 aromatic heterocycles. The summed E-state index contributed by atoms with van der Waals surface area (Å²) in [6.07, 6.45) is 2.69. The Kier molecular flexibility index (Phi) is 5.63. The molecule has 4 heteroatoms. The SMILES string of the molecule is CC(C)c1ccc([C@](O)(c2cncc(C#C[C@H](C)O)c2)C2(C)CN(C)C2)cc1. The van der Waals surface area contributed by atoms with E-state index >= 15 is 0 Å². The van der Waals surface area contributed by atoms with Gasteiger partial charge in [-0.15, -0.1) is 0 Å². The van der Waals surface area contributed by atoms with Crippen molar-refractivity contribution in [1.29, 1.82) is 0 Å². The van der Waals surface area contributed by atoms with E-state index in [1.165, 1.54) is 5.56 Å². The molecule has 0 amide bonds. The lowest BCUT2D eigenvalue weighted by Gasteiger charge is -2.55. The summed E-state index contributed by atoms with van der Waals surface area (Å²) in [5.74, 6) is 6.13. The summed E-state index contributed by atoms with van der Waals surface area (Å²) in [7, 11) is 2.06.